The molecule has 2 aromatic carbocycles. The van der Waals surface area contributed by atoms with Crippen LogP contribution >= 0.6 is 11.6 Å². The zero-order valence-corrected chi connectivity index (χ0v) is 16.1. The lowest BCUT2D eigenvalue weighted by molar-refractivity contribution is -0.123. The number of anilines is 1. The number of carbonyl (C=O) groups excluding carboxylic acids is 1. The molecule has 2 aromatic rings. The van der Waals surface area contributed by atoms with Crippen LogP contribution in [0.4, 0.5) is 5.69 Å². The van der Waals surface area contributed by atoms with E-state index in [1.54, 1.807) is 12.0 Å². The molecule has 1 fully saturated rings. The highest BCUT2D eigenvalue weighted by atomic mass is 35.5. The summed E-state index contributed by atoms with van der Waals surface area (Å²) in [4.78, 5) is 17.1. The van der Waals surface area contributed by atoms with Crippen molar-refractivity contribution in [1.82, 2.24) is 4.90 Å². The molecular weight excluding hydrogens is 348 g/mol. The van der Waals surface area contributed by atoms with Gasteiger partial charge in [-0.1, -0.05) is 23.7 Å². The summed E-state index contributed by atoms with van der Waals surface area (Å²) in [6.45, 7) is 2.67. The Labute approximate surface area is 160 Å². The van der Waals surface area contributed by atoms with Crippen LogP contribution in [0.5, 0.6) is 5.75 Å². The van der Waals surface area contributed by atoms with Gasteiger partial charge in [-0.05, 0) is 61.3 Å². The van der Waals surface area contributed by atoms with Gasteiger partial charge in [0.15, 0.2) is 0 Å². The van der Waals surface area contributed by atoms with Crippen LogP contribution in [0.2, 0.25) is 5.02 Å². The second-order valence-electron chi connectivity index (χ2n) is 6.80. The molecular formula is C21H25ClN2O2. The molecule has 1 aliphatic heterocycles. The molecule has 0 N–H and O–H groups in total. The lowest BCUT2D eigenvalue weighted by Crippen LogP contribution is -2.43. The summed E-state index contributed by atoms with van der Waals surface area (Å²) in [7, 11) is 3.49. The van der Waals surface area contributed by atoms with Crippen molar-refractivity contribution >= 4 is 23.2 Å². The van der Waals surface area contributed by atoms with E-state index in [1.165, 1.54) is 5.56 Å². The van der Waals surface area contributed by atoms with Gasteiger partial charge in [0.25, 0.3) is 0 Å². The van der Waals surface area contributed by atoms with Crippen LogP contribution in [-0.4, -0.2) is 38.1 Å². The molecule has 0 radical (unpaired) electrons. The normalized spacial score (nSPS) is 17.7. The summed E-state index contributed by atoms with van der Waals surface area (Å²) in [5, 5.41) is 0.751. The molecule has 0 saturated carbocycles. The van der Waals surface area contributed by atoms with Crippen molar-refractivity contribution in [2.24, 2.45) is 5.92 Å². The third kappa shape index (κ3) is 4.57. The number of benzene rings is 2. The largest absolute Gasteiger partial charge is 0.497 e. The van der Waals surface area contributed by atoms with Gasteiger partial charge in [-0.25, -0.2) is 0 Å². The minimum atomic E-state index is 0.0307. The number of amides is 1. The van der Waals surface area contributed by atoms with Crippen LogP contribution in [0.15, 0.2) is 48.5 Å². The highest BCUT2D eigenvalue weighted by Crippen LogP contribution is 2.24. The van der Waals surface area contributed by atoms with Crippen molar-refractivity contribution in [3.8, 4) is 5.75 Å². The number of likely N-dealkylation sites (tertiary alicyclic amines) is 1. The summed E-state index contributed by atoms with van der Waals surface area (Å²) in [6, 6.07) is 15.5. The van der Waals surface area contributed by atoms with Crippen LogP contribution in [0.1, 0.15) is 18.4 Å². The Morgan fingerprint density at radius 1 is 1.19 bits per heavy atom. The van der Waals surface area contributed by atoms with Crippen molar-refractivity contribution in [2.75, 3.05) is 32.1 Å². The minimum Gasteiger partial charge on any atom is -0.497 e. The van der Waals surface area contributed by atoms with Gasteiger partial charge in [-0.2, -0.15) is 0 Å². The molecule has 0 unspecified atom stereocenters. The summed E-state index contributed by atoms with van der Waals surface area (Å²) >= 11 is 5.96. The van der Waals surface area contributed by atoms with Crippen molar-refractivity contribution < 1.29 is 9.53 Å². The van der Waals surface area contributed by atoms with E-state index in [0.29, 0.717) is 0 Å². The Morgan fingerprint density at radius 3 is 2.54 bits per heavy atom. The van der Waals surface area contributed by atoms with Gasteiger partial charge in [0.05, 0.1) is 13.0 Å². The van der Waals surface area contributed by atoms with Crippen LogP contribution in [-0.2, 0) is 11.3 Å². The molecule has 1 saturated heterocycles. The van der Waals surface area contributed by atoms with Crippen LogP contribution in [0.3, 0.4) is 0 Å². The topological polar surface area (TPSA) is 32.8 Å². The molecule has 0 spiro atoms. The number of carbonyl (C=O) groups is 1. The average Bonchev–Trinajstić information content (AvgIpc) is 2.69. The monoisotopic (exact) mass is 372 g/mol. The Morgan fingerprint density at radius 2 is 1.88 bits per heavy atom. The van der Waals surface area contributed by atoms with E-state index in [1.807, 2.05) is 43.4 Å². The first-order valence-corrected chi connectivity index (χ1v) is 9.33. The highest BCUT2D eigenvalue weighted by molar-refractivity contribution is 6.30. The van der Waals surface area contributed by atoms with Crippen LogP contribution in [0, 0.1) is 5.92 Å². The number of hydrogen-bond acceptors (Lipinski definition) is 3. The van der Waals surface area contributed by atoms with Crippen molar-refractivity contribution in [3.05, 3.63) is 59.1 Å². The maximum atomic E-state index is 12.9. The number of methoxy groups -OCH3 is 1. The lowest BCUT2D eigenvalue weighted by Gasteiger charge is -2.34. The van der Waals surface area contributed by atoms with Gasteiger partial charge >= 0.3 is 0 Å². The molecule has 1 atom stereocenters. The molecule has 4 nitrogen and oxygen atoms in total. The lowest BCUT2D eigenvalue weighted by atomic mass is 9.96. The third-order valence-corrected chi connectivity index (χ3v) is 5.22. The van der Waals surface area contributed by atoms with E-state index in [2.05, 4.69) is 17.0 Å². The van der Waals surface area contributed by atoms with E-state index in [-0.39, 0.29) is 11.8 Å². The fraction of sp³-hybridized carbons (Fsp3) is 0.381. The van der Waals surface area contributed by atoms with Crippen molar-refractivity contribution in [2.45, 2.75) is 19.4 Å². The molecule has 138 valence electrons. The SMILES string of the molecule is COc1ccc(N(C)C(=O)[C@@H]2CCCN(Cc3ccc(Cl)cc3)C2)cc1. The van der Waals surface area contributed by atoms with Gasteiger partial charge in [0, 0.05) is 30.8 Å². The molecule has 5 heteroatoms. The standard InChI is InChI=1S/C21H25ClN2O2/c1-23(19-9-11-20(26-2)12-10-19)21(25)17-4-3-13-24(15-17)14-16-5-7-18(22)8-6-16/h5-12,17H,3-4,13-15H2,1-2H3/t17-/m1/s1. The van der Waals surface area contributed by atoms with Gasteiger partial charge in [0.2, 0.25) is 5.91 Å². The van der Waals surface area contributed by atoms with Crippen molar-refractivity contribution in [1.29, 1.82) is 0 Å². The van der Waals surface area contributed by atoms with Gasteiger partial charge in [0.1, 0.15) is 5.75 Å². The number of piperidine rings is 1. The Balaban J connectivity index is 1.62. The van der Waals surface area contributed by atoms with E-state index < -0.39 is 0 Å². The van der Waals surface area contributed by atoms with E-state index in [9.17, 15) is 4.79 Å². The summed E-state index contributed by atoms with van der Waals surface area (Å²) < 4.78 is 5.19. The molecule has 0 aliphatic carbocycles. The van der Waals surface area contributed by atoms with Gasteiger partial charge < -0.3 is 9.64 Å². The maximum absolute atomic E-state index is 12.9. The summed E-state index contributed by atoms with van der Waals surface area (Å²) in [6.07, 6.45) is 1.98. The van der Waals surface area contributed by atoms with Gasteiger partial charge in [-0.15, -0.1) is 0 Å². The zero-order chi connectivity index (χ0) is 18.5. The Hall–Kier alpha value is -2.04. The van der Waals surface area contributed by atoms with E-state index in [0.717, 1.165) is 48.9 Å². The fourth-order valence-electron chi connectivity index (χ4n) is 3.46. The molecule has 1 heterocycles. The first kappa shape index (κ1) is 18.7. The first-order chi connectivity index (χ1) is 12.6. The number of rotatable bonds is 5. The molecule has 1 amide bonds. The Bertz CT molecular complexity index is 731. The smallest absolute Gasteiger partial charge is 0.231 e. The maximum Gasteiger partial charge on any atom is 0.231 e. The fourth-order valence-corrected chi connectivity index (χ4v) is 3.58. The Kier molecular flexibility index (Phi) is 6.17. The second kappa shape index (κ2) is 8.56. The predicted molar refractivity (Wildman–Crippen MR) is 106 cm³/mol. The third-order valence-electron chi connectivity index (χ3n) is 4.96. The second-order valence-corrected chi connectivity index (χ2v) is 7.23. The molecule has 1 aliphatic rings. The highest BCUT2D eigenvalue weighted by Gasteiger charge is 2.28. The van der Waals surface area contributed by atoms with E-state index in [4.69, 9.17) is 16.3 Å². The average molecular weight is 373 g/mol. The van der Waals surface area contributed by atoms with Crippen molar-refractivity contribution in [3.63, 3.8) is 0 Å². The number of halogens is 1. The first-order valence-electron chi connectivity index (χ1n) is 8.95. The molecule has 26 heavy (non-hydrogen) atoms. The zero-order valence-electron chi connectivity index (χ0n) is 15.3. The predicted octanol–water partition coefficient (Wildman–Crippen LogP) is 4.22. The summed E-state index contributed by atoms with van der Waals surface area (Å²) in [5.74, 6) is 1.00. The van der Waals surface area contributed by atoms with E-state index >= 15 is 0 Å². The minimum absolute atomic E-state index is 0.0307. The number of hydrogen-bond donors (Lipinski definition) is 0. The number of ether oxygens (including phenoxy) is 1. The van der Waals surface area contributed by atoms with Gasteiger partial charge in [-0.3, -0.25) is 9.69 Å². The quantitative estimate of drug-likeness (QED) is 0.787. The molecule has 3 rings (SSSR count). The molecule has 0 aromatic heterocycles. The number of nitrogens with zero attached hydrogens (tertiary/aromatic N) is 2. The van der Waals surface area contributed by atoms with Crippen LogP contribution in [0.25, 0.3) is 0 Å². The molecule has 0 bridgehead atoms. The van der Waals surface area contributed by atoms with Crippen LogP contribution < -0.4 is 9.64 Å². The summed E-state index contributed by atoms with van der Waals surface area (Å²) in [5.41, 5.74) is 2.12.